The van der Waals surface area contributed by atoms with Crippen molar-refractivity contribution in [2.75, 3.05) is 6.61 Å². The number of amides is 1. The van der Waals surface area contributed by atoms with Gasteiger partial charge in [0.2, 0.25) is 0 Å². The van der Waals surface area contributed by atoms with Gasteiger partial charge in [0.25, 0.3) is 5.91 Å². The summed E-state index contributed by atoms with van der Waals surface area (Å²) in [6.07, 6.45) is 0.237. The van der Waals surface area contributed by atoms with E-state index < -0.39 is 0 Å². The van der Waals surface area contributed by atoms with E-state index in [0.717, 1.165) is 11.1 Å². The second-order valence-electron chi connectivity index (χ2n) is 6.02. The van der Waals surface area contributed by atoms with E-state index >= 15 is 0 Å². The second kappa shape index (κ2) is 9.23. The number of nitrogens with one attached hydrogen (secondary N) is 1. The SMILES string of the molecule is C[C@H](NC(=O)COC(=O)C[C@H](C)c1ccccc1)c1cccc(Cl)c1. The van der Waals surface area contributed by atoms with Gasteiger partial charge in [-0.1, -0.05) is 61.0 Å². The fraction of sp³-hybridized carbons (Fsp3) is 0.300. The Morgan fingerprint density at radius 2 is 1.72 bits per heavy atom. The van der Waals surface area contributed by atoms with Crippen molar-refractivity contribution in [3.8, 4) is 0 Å². The van der Waals surface area contributed by atoms with Crippen LogP contribution in [0.2, 0.25) is 5.02 Å². The van der Waals surface area contributed by atoms with Crippen LogP contribution in [0.4, 0.5) is 0 Å². The molecular formula is C20H22ClNO3. The predicted molar refractivity (Wildman–Crippen MR) is 98.4 cm³/mol. The Morgan fingerprint density at radius 3 is 2.40 bits per heavy atom. The fourth-order valence-corrected chi connectivity index (χ4v) is 2.70. The van der Waals surface area contributed by atoms with Crippen molar-refractivity contribution in [1.82, 2.24) is 5.32 Å². The van der Waals surface area contributed by atoms with Crippen LogP contribution in [0.25, 0.3) is 0 Å². The summed E-state index contributed by atoms with van der Waals surface area (Å²) in [5.74, 6) is -0.683. The van der Waals surface area contributed by atoms with Crippen molar-refractivity contribution < 1.29 is 14.3 Å². The van der Waals surface area contributed by atoms with Gasteiger partial charge in [0.15, 0.2) is 6.61 Å². The molecule has 0 heterocycles. The molecule has 2 aromatic rings. The summed E-state index contributed by atoms with van der Waals surface area (Å²) >= 11 is 5.95. The number of carbonyl (C=O) groups excluding carboxylic acids is 2. The van der Waals surface area contributed by atoms with Gasteiger partial charge in [-0.15, -0.1) is 0 Å². The Hall–Kier alpha value is -2.33. The fourth-order valence-electron chi connectivity index (χ4n) is 2.50. The summed E-state index contributed by atoms with van der Waals surface area (Å²) in [4.78, 5) is 23.9. The molecule has 0 saturated carbocycles. The number of benzene rings is 2. The lowest BCUT2D eigenvalue weighted by atomic mass is 9.98. The topological polar surface area (TPSA) is 55.4 Å². The molecule has 1 N–H and O–H groups in total. The summed E-state index contributed by atoms with van der Waals surface area (Å²) in [7, 11) is 0. The maximum atomic E-state index is 12.0. The molecule has 0 fully saturated rings. The monoisotopic (exact) mass is 359 g/mol. The lowest BCUT2D eigenvalue weighted by Crippen LogP contribution is -2.31. The molecule has 132 valence electrons. The van der Waals surface area contributed by atoms with Gasteiger partial charge in [-0.2, -0.15) is 0 Å². The van der Waals surface area contributed by atoms with Crippen molar-refractivity contribution in [2.24, 2.45) is 0 Å². The third kappa shape index (κ3) is 6.24. The number of hydrogen-bond donors (Lipinski definition) is 1. The summed E-state index contributed by atoms with van der Waals surface area (Å²) in [5.41, 5.74) is 1.96. The molecule has 0 aromatic heterocycles. The Balaban J connectivity index is 1.76. The van der Waals surface area contributed by atoms with Gasteiger partial charge in [0, 0.05) is 5.02 Å². The van der Waals surface area contributed by atoms with Crippen molar-refractivity contribution in [3.63, 3.8) is 0 Å². The van der Waals surface area contributed by atoms with Crippen LogP contribution in [0, 0.1) is 0 Å². The summed E-state index contributed by atoms with van der Waals surface area (Å²) in [6.45, 7) is 3.52. The van der Waals surface area contributed by atoms with Crippen LogP contribution in [0.15, 0.2) is 54.6 Å². The standard InChI is InChI=1S/C20H22ClNO3/c1-14(16-7-4-3-5-8-16)11-20(24)25-13-19(23)22-15(2)17-9-6-10-18(21)12-17/h3-10,12,14-15H,11,13H2,1-2H3,(H,22,23)/t14-,15-/m0/s1. The van der Waals surface area contributed by atoms with E-state index in [1.807, 2.05) is 56.3 Å². The molecule has 5 heteroatoms. The molecule has 0 spiro atoms. The van der Waals surface area contributed by atoms with Crippen molar-refractivity contribution in [3.05, 3.63) is 70.7 Å². The molecule has 0 aliphatic heterocycles. The molecule has 0 aliphatic rings. The number of carbonyl (C=O) groups is 2. The normalized spacial score (nSPS) is 12.9. The Kier molecular flexibility index (Phi) is 7.02. The molecule has 0 radical (unpaired) electrons. The zero-order chi connectivity index (χ0) is 18.2. The minimum absolute atomic E-state index is 0.0437. The highest BCUT2D eigenvalue weighted by Gasteiger charge is 2.15. The average molecular weight is 360 g/mol. The van der Waals surface area contributed by atoms with E-state index in [-0.39, 0.29) is 36.9 Å². The number of hydrogen-bond acceptors (Lipinski definition) is 3. The predicted octanol–water partition coefficient (Wildman–Crippen LogP) is 4.25. The zero-order valence-corrected chi connectivity index (χ0v) is 15.1. The number of halogens is 1. The van der Waals surface area contributed by atoms with E-state index in [9.17, 15) is 9.59 Å². The first-order valence-corrected chi connectivity index (χ1v) is 8.59. The number of rotatable bonds is 7. The van der Waals surface area contributed by atoms with Gasteiger partial charge in [0.05, 0.1) is 12.5 Å². The molecule has 4 nitrogen and oxygen atoms in total. The van der Waals surface area contributed by atoms with Crippen molar-refractivity contribution in [1.29, 1.82) is 0 Å². The molecule has 0 bridgehead atoms. The smallest absolute Gasteiger partial charge is 0.306 e. The third-order valence-corrected chi connectivity index (χ3v) is 4.17. The Bertz CT molecular complexity index is 718. The van der Waals surface area contributed by atoms with Gasteiger partial charge in [-0.3, -0.25) is 9.59 Å². The highest BCUT2D eigenvalue weighted by molar-refractivity contribution is 6.30. The first kappa shape index (κ1) is 19.0. The minimum Gasteiger partial charge on any atom is -0.456 e. The molecule has 0 aliphatic carbocycles. The van der Waals surface area contributed by atoms with E-state index in [4.69, 9.17) is 16.3 Å². The average Bonchev–Trinajstić information content (AvgIpc) is 2.60. The largest absolute Gasteiger partial charge is 0.456 e. The number of esters is 1. The molecule has 2 aromatic carbocycles. The van der Waals surface area contributed by atoms with Gasteiger partial charge in [-0.05, 0) is 36.1 Å². The van der Waals surface area contributed by atoms with Crippen LogP contribution < -0.4 is 5.32 Å². The van der Waals surface area contributed by atoms with Gasteiger partial charge in [-0.25, -0.2) is 0 Å². The Morgan fingerprint density at radius 1 is 1.04 bits per heavy atom. The summed E-state index contributed by atoms with van der Waals surface area (Å²) in [5, 5.41) is 3.40. The second-order valence-corrected chi connectivity index (χ2v) is 6.46. The lowest BCUT2D eigenvalue weighted by Gasteiger charge is -2.15. The maximum absolute atomic E-state index is 12.0. The van der Waals surface area contributed by atoms with Crippen molar-refractivity contribution in [2.45, 2.75) is 32.2 Å². The van der Waals surface area contributed by atoms with Gasteiger partial charge >= 0.3 is 5.97 Å². The van der Waals surface area contributed by atoms with E-state index in [1.54, 1.807) is 12.1 Å². The van der Waals surface area contributed by atoms with Crippen LogP contribution in [0.1, 0.15) is 43.4 Å². The molecule has 2 atom stereocenters. The van der Waals surface area contributed by atoms with Crippen molar-refractivity contribution >= 4 is 23.5 Å². The quantitative estimate of drug-likeness (QED) is 0.752. The maximum Gasteiger partial charge on any atom is 0.306 e. The molecule has 25 heavy (non-hydrogen) atoms. The first-order chi connectivity index (χ1) is 12.0. The van der Waals surface area contributed by atoms with Crippen LogP contribution in [-0.4, -0.2) is 18.5 Å². The number of ether oxygens (including phenoxy) is 1. The van der Waals surface area contributed by atoms with E-state index in [1.165, 1.54) is 0 Å². The van der Waals surface area contributed by atoms with E-state index in [2.05, 4.69) is 5.32 Å². The Labute approximate surface area is 153 Å². The minimum atomic E-state index is -0.387. The van der Waals surface area contributed by atoms with Gasteiger partial charge in [0.1, 0.15) is 0 Å². The molecular weight excluding hydrogens is 338 g/mol. The van der Waals surface area contributed by atoms with E-state index in [0.29, 0.717) is 5.02 Å². The first-order valence-electron chi connectivity index (χ1n) is 8.21. The zero-order valence-electron chi connectivity index (χ0n) is 14.4. The summed E-state index contributed by atoms with van der Waals surface area (Å²) < 4.78 is 5.08. The highest BCUT2D eigenvalue weighted by atomic mass is 35.5. The molecule has 0 unspecified atom stereocenters. The summed E-state index contributed by atoms with van der Waals surface area (Å²) in [6, 6.07) is 16.8. The molecule has 1 amide bonds. The van der Waals surface area contributed by atoms with Crippen LogP contribution >= 0.6 is 11.6 Å². The molecule has 0 saturated heterocycles. The van der Waals surface area contributed by atoms with Crippen LogP contribution in [0.3, 0.4) is 0 Å². The molecule has 2 rings (SSSR count). The van der Waals surface area contributed by atoms with Gasteiger partial charge < -0.3 is 10.1 Å². The lowest BCUT2D eigenvalue weighted by molar-refractivity contribution is -0.149. The van der Waals surface area contributed by atoms with Crippen LogP contribution in [-0.2, 0) is 14.3 Å². The van der Waals surface area contributed by atoms with Crippen LogP contribution in [0.5, 0.6) is 0 Å². The highest BCUT2D eigenvalue weighted by Crippen LogP contribution is 2.19. The third-order valence-electron chi connectivity index (χ3n) is 3.93.